The molecule has 8 heteroatoms. The van der Waals surface area contributed by atoms with Crippen LogP contribution in [0, 0.1) is 0 Å². The maximum atomic E-state index is 11.2. The van der Waals surface area contributed by atoms with E-state index in [0.717, 1.165) is 0 Å². The number of thioether (sulfide) groups is 1. The van der Waals surface area contributed by atoms with Gasteiger partial charge in [-0.05, 0) is 6.26 Å². The Morgan fingerprint density at radius 1 is 1.41 bits per heavy atom. The predicted octanol–water partition coefficient (Wildman–Crippen LogP) is -0.315. The third-order valence-corrected chi connectivity index (χ3v) is 2.27. The maximum Gasteiger partial charge on any atom is 0.246 e. The first-order valence-corrected chi connectivity index (χ1v) is 6.32. The molecule has 17 heavy (non-hydrogen) atoms. The quantitative estimate of drug-likeness (QED) is 0.726. The van der Waals surface area contributed by atoms with E-state index < -0.39 is 0 Å². The van der Waals surface area contributed by atoms with E-state index in [-0.39, 0.29) is 24.9 Å². The van der Waals surface area contributed by atoms with Crippen molar-refractivity contribution < 1.29 is 14.1 Å². The fraction of sp³-hybridized carbons (Fsp3) is 0.556. The summed E-state index contributed by atoms with van der Waals surface area (Å²) < 4.78 is 4.92. The lowest BCUT2D eigenvalue weighted by atomic mass is 10.5. The molecule has 0 fully saturated rings. The highest BCUT2D eigenvalue weighted by atomic mass is 32.2. The van der Waals surface area contributed by atoms with Crippen LogP contribution in [0.1, 0.15) is 18.6 Å². The molecule has 1 aromatic heterocycles. The molecule has 1 rings (SSSR count). The molecule has 2 amide bonds. The Balaban J connectivity index is 2.29. The topological polar surface area (TPSA) is 97.1 Å². The Bertz CT molecular complexity index is 393. The highest BCUT2D eigenvalue weighted by Gasteiger charge is 2.07. The van der Waals surface area contributed by atoms with Crippen LogP contribution in [0.15, 0.2) is 4.52 Å². The maximum absolute atomic E-state index is 11.2. The number of hydrogen-bond donors (Lipinski definition) is 2. The molecule has 0 aliphatic carbocycles. The molecule has 2 N–H and O–H groups in total. The predicted molar refractivity (Wildman–Crippen MR) is 62.0 cm³/mol. The number of rotatable bonds is 6. The third-order valence-electron chi connectivity index (χ3n) is 1.72. The fourth-order valence-electron chi connectivity index (χ4n) is 0.991. The summed E-state index contributed by atoms with van der Waals surface area (Å²) in [6.45, 7) is 1.46. The summed E-state index contributed by atoms with van der Waals surface area (Å²) in [5.41, 5.74) is 0. The number of hydrogen-bond acceptors (Lipinski definition) is 6. The van der Waals surface area contributed by atoms with Crippen LogP contribution in [-0.4, -0.2) is 34.8 Å². The Morgan fingerprint density at radius 3 is 2.82 bits per heavy atom. The van der Waals surface area contributed by atoms with Gasteiger partial charge in [-0.15, -0.1) is 0 Å². The number of nitrogens with zero attached hydrogens (tertiary/aromatic N) is 2. The first-order valence-electron chi connectivity index (χ1n) is 4.93. The number of amides is 2. The lowest BCUT2D eigenvalue weighted by Gasteiger charge is -2.02. The molecule has 0 saturated carbocycles. The lowest BCUT2D eigenvalue weighted by Crippen LogP contribution is -2.35. The molecule has 0 atom stereocenters. The summed E-state index contributed by atoms with van der Waals surface area (Å²) >= 11 is 1.58. The van der Waals surface area contributed by atoms with Crippen molar-refractivity contribution in [2.45, 2.75) is 19.2 Å². The molecule has 0 aliphatic rings. The van der Waals surface area contributed by atoms with E-state index in [2.05, 4.69) is 20.8 Å². The normalized spacial score (nSPS) is 10.0. The Hall–Kier alpha value is -1.57. The van der Waals surface area contributed by atoms with Crippen LogP contribution in [-0.2, 0) is 21.9 Å². The van der Waals surface area contributed by atoms with Crippen LogP contribution in [0.5, 0.6) is 0 Å². The zero-order valence-corrected chi connectivity index (χ0v) is 10.5. The summed E-state index contributed by atoms with van der Waals surface area (Å²) in [7, 11) is 0. The molecule has 0 aromatic carbocycles. The van der Waals surface area contributed by atoms with Gasteiger partial charge in [0.25, 0.3) is 0 Å². The summed E-state index contributed by atoms with van der Waals surface area (Å²) in [6, 6.07) is 0. The first-order chi connectivity index (χ1) is 8.11. The molecule has 0 saturated heterocycles. The van der Waals surface area contributed by atoms with Crippen LogP contribution in [0.4, 0.5) is 0 Å². The van der Waals surface area contributed by atoms with Crippen LogP contribution in [0.3, 0.4) is 0 Å². The highest BCUT2D eigenvalue weighted by Crippen LogP contribution is 2.04. The van der Waals surface area contributed by atoms with E-state index in [1.807, 2.05) is 6.26 Å². The smallest absolute Gasteiger partial charge is 0.246 e. The first kappa shape index (κ1) is 13.5. The summed E-state index contributed by atoms with van der Waals surface area (Å²) in [5.74, 6) is 1.07. The van der Waals surface area contributed by atoms with E-state index in [4.69, 9.17) is 4.52 Å². The van der Waals surface area contributed by atoms with Crippen LogP contribution in [0.2, 0.25) is 0 Å². The fourth-order valence-corrected chi connectivity index (χ4v) is 1.37. The molecule has 1 aromatic rings. The monoisotopic (exact) mass is 258 g/mol. The van der Waals surface area contributed by atoms with Gasteiger partial charge in [-0.3, -0.25) is 9.59 Å². The summed E-state index contributed by atoms with van der Waals surface area (Å²) in [5, 5.41) is 8.67. The van der Waals surface area contributed by atoms with Gasteiger partial charge in [-0.2, -0.15) is 16.7 Å². The molecule has 94 valence electrons. The van der Waals surface area contributed by atoms with Gasteiger partial charge in [0.15, 0.2) is 5.82 Å². The lowest BCUT2D eigenvalue weighted by molar-refractivity contribution is -0.125. The highest BCUT2D eigenvalue weighted by molar-refractivity contribution is 7.97. The second kappa shape index (κ2) is 6.89. The molecule has 1 heterocycles. The van der Waals surface area contributed by atoms with Crippen molar-refractivity contribution in [2.24, 2.45) is 0 Å². The number of carbonyl (C=O) groups excluding carboxylic acids is 2. The van der Waals surface area contributed by atoms with E-state index in [1.54, 1.807) is 11.8 Å². The van der Waals surface area contributed by atoms with Gasteiger partial charge in [0.1, 0.15) is 0 Å². The van der Waals surface area contributed by atoms with Crippen molar-refractivity contribution in [2.75, 3.05) is 12.8 Å². The molecule has 0 aliphatic heterocycles. The van der Waals surface area contributed by atoms with Crippen molar-refractivity contribution in [3.63, 3.8) is 0 Å². The SMILES string of the molecule is CSCc1noc(CNC(=O)CNC(C)=O)n1. The van der Waals surface area contributed by atoms with Gasteiger partial charge in [0, 0.05) is 6.92 Å². The minimum absolute atomic E-state index is 0.0544. The van der Waals surface area contributed by atoms with Gasteiger partial charge in [-0.1, -0.05) is 5.16 Å². The van der Waals surface area contributed by atoms with E-state index in [1.165, 1.54) is 6.92 Å². The number of carbonyl (C=O) groups is 2. The molecule has 0 spiro atoms. The molecule has 0 bridgehead atoms. The van der Waals surface area contributed by atoms with Gasteiger partial charge >= 0.3 is 0 Å². The Kier molecular flexibility index (Phi) is 5.47. The third kappa shape index (κ3) is 5.34. The summed E-state index contributed by atoms with van der Waals surface area (Å²) in [4.78, 5) is 25.9. The van der Waals surface area contributed by atoms with Crippen molar-refractivity contribution in [3.8, 4) is 0 Å². The second-order valence-corrected chi connectivity index (χ2v) is 4.09. The van der Waals surface area contributed by atoms with Crippen molar-refractivity contribution in [1.82, 2.24) is 20.8 Å². The zero-order chi connectivity index (χ0) is 12.7. The zero-order valence-electron chi connectivity index (χ0n) is 9.65. The Morgan fingerprint density at radius 2 is 2.18 bits per heavy atom. The van der Waals surface area contributed by atoms with Crippen LogP contribution >= 0.6 is 11.8 Å². The largest absolute Gasteiger partial charge is 0.347 e. The van der Waals surface area contributed by atoms with Crippen molar-refractivity contribution >= 4 is 23.6 Å². The molecule has 0 unspecified atom stereocenters. The van der Waals surface area contributed by atoms with Crippen LogP contribution in [0.25, 0.3) is 0 Å². The van der Waals surface area contributed by atoms with Gasteiger partial charge in [0.05, 0.1) is 18.8 Å². The van der Waals surface area contributed by atoms with Gasteiger partial charge < -0.3 is 15.2 Å². The average Bonchev–Trinajstić information content (AvgIpc) is 2.72. The molecule has 7 nitrogen and oxygen atoms in total. The molecular formula is C9H14N4O3S. The van der Waals surface area contributed by atoms with Crippen molar-refractivity contribution in [1.29, 1.82) is 0 Å². The van der Waals surface area contributed by atoms with E-state index in [0.29, 0.717) is 17.5 Å². The van der Waals surface area contributed by atoms with Gasteiger partial charge in [0.2, 0.25) is 17.7 Å². The molecular weight excluding hydrogens is 244 g/mol. The van der Waals surface area contributed by atoms with Crippen LogP contribution < -0.4 is 10.6 Å². The second-order valence-electron chi connectivity index (χ2n) is 3.22. The minimum Gasteiger partial charge on any atom is -0.347 e. The average molecular weight is 258 g/mol. The molecule has 0 radical (unpaired) electrons. The van der Waals surface area contributed by atoms with Crippen molar-refractivity contribution in [3.05, 3.63) is 11.7 Å². The number of aromatic nitrogens is 2. The van der Waals surface area contributed by atoms with E-state index in [9.17, 15) is 9.59 Å². The summed E-state index contributed by atoms with van der Waals surface area (Å²) in [6.07, 6.45) is 1.94. The minimum atomic E-state index is -0.301. The number of nitrogens with one attached hydrogen (secondary N) is 2. The van der Waals surface area contributed by atoms with Gasteiger partial charge in [-0.25, -0.2) is 0 Å². The Labute approximate surface area is 103 Å². The standard InChI is InChI=1S/C9H14N4O3S/c1-6(14)10-3-8(15)11-4-9-12-7(5-17-2)13-16-9/h3-5H2,1-2H3,(H,10,14)(H,11,15). The van der Waals surface area contributed by atoms with E-state index >= 15 is 0 Å².